The zero-order chi connectivity index (χ0) is 15.9. The zero-order valence-corrected chi connectivity index (χ0v) is 12.6. The number of aromatic nitrogens is 1. The van der Waals surface area contributed by atoms with E-state index >= 15 is 0 Å². The van der Waals surface area contributed by atoms with E-state index in [1.807, 2.05) is 60.8 Å². The molecule has 3 aromatic rings. The number of pyridine rings is 1. The molecule has 4 nitrogen and oxygen atoms in total. The van der Waals surface area contributed by atoms with Gasteiger partial charge in [0.15, 0.2) is 0 Å². The number of hydrogen-bond acceptors (Lipinski definition) is 3. The standard InChI is InChI=1S/C19H17N3O/c23-19(16-6-2-1-3-7-16)22-18-10-8-17(9-11-18)21-14-15-5-4-12-20-13-15/h1-13,21H,14H2,(H,22,23). The summed E-state index contributed by atoms with van der Waals surface area (Å²) < 4.78 is 0. The number of rotatable bonds is 5. The second-order valence-corrected chi connectivity index (χ2v) is 5.11. The molecule has 0 aliphatic carbocycles. The lowest BCUT2D eigenvalue weighted by molar-refractivity contribution is 0.102. The van der Waals surface area contributed by atoms with E-state index in [9.17, 15) is 4.79 Å². The summed E-state index contributed by atoms with van der Waals surface area (Å²) in [4.78, 5) is 16.2. The van der Waals surface area contributed by atoms with E-state index < -0.39 is 0 Å². The minimum atomic E-state index is -0.110. The average molecular weight is 303 g/mol. The molecule has 4 heteroatoms. The predicted octanol–water partition coefficient (Wildman–Crippen LogP) is 3.95. The van der Waals surface area contributed by atoms with Crippen molar-refractivity contribution >= 4 is 17.3 Å². The molecule has 114 valence electrons. The number of nitrogens with one attached hydrogen (secondary N) is 2. The Morgan fingerprint density at radius 1 is 0.870 bits per heavy atom. The summed E-state index contributed by atoms with van der Waals surface area (Å²) in [6.07, 6.45) is 3.59. The molecule has 1 amide bonds. The zero-order valence-electron chi connectivity index (χ0n) is 12.6. The van der Waals surface area contributed by atoms with Gasteiger partial charge >= 0.3 is 0 Å². The maximum absolute atomic E-state index is 12.1. The van der Waals surface area contributed by atoms with E-state index in [1.54, 1.807) is 18.3 Å². The van der Waals surface area contributed by atoms with Crippen LogP contribution in [-0.2, 0) is 6.54 Å². The van der Waals surface area contributed by atoms with Gasteiger partial charge in [0.1, 0.15) is 0 Å². The molecule has 0 unspecified atom stereocenters. The monoisotopic (exact) mass is 303 g/mol. The van der Waals surface area contributed by atoms with Gasteiger partial charge in [0.2, 0.25) is 0 Å². The molecule has 23 heavy (non-hydrogen) atoms. The third kappa shape index (κ3) is 4.17. The first-order valence-electron chi connectivity index (χ1n) is 7.40. The van der Waals surface area contributed by atoms with E-state index in [-0.39, 0.29) is 5.91 Å². The van der Waals surface area contributed by atoms with E-state index in [0.717, 1.165) is 16.9 Å². The summed E-state index contributed by atoms with van der Waals surface area (Å²) in [6, 6.07) is 20.7. The third-order valence-electron chi connectivity index (χ3n) is 3.40. The van der Waals surface area contributed by atoms with Crippen LogP contribution in [0, 0.1) is 0 Å². The van der Waals surface area contributed by atoms with E-state index in [4.69, 9.17) is 0 Å². The highest BCUT2D eigenvalue weighted by atomic mass is 16.1. The second-order valence-electron chi connectivity index (χ2n) is 5.11. The average Bonchev–Trinajstić information content (AvgIpc) is 2.63. The lowest BCUT2D eigenvalue weighted by atomic mass is 10.2. The fourth-order valence-corrected chi connectivity index (χ4v) is 2.17. The van der Waals surface area contributed by atoms with Crippen LogP contribution in [0.3, 0.4) is 0 Å². The van der Waals surface area contributed by atoms with Gasteiger partial charge in [-0.15, -0.1) is 0 Å². The molecule has 0 bridgehead atoms. The molecular weight excluding hydrogens is 286 g/mol. The summed E-state index contributed by atoms with van der Waals surface area (Å²) in [6.45, 7) is 0.712. The summed E-state index contributed by atoms with van der Waals surface area (Å²) in [7, 11) is 0. The fourth-order valence-electron chi connectivity index (χ4n) is 2.17. The summed E-state index contributed by atoms with van der Waals surface area (Å²) in [5.74, 6) is -0.110. The van der Waals surface area contributed by atoms with Gasteiger partial charge in [0.05, 0.1) is 0 Å². The molecule has 2 N–H and O–H groups in total. The maximum Gasteiger partial charge on any atom is 0.255 e. The van der Waals surface area contributed by atoms with Crippen molar-refractivity contribution in [3.8, 4) is 0 Å². The minimum absolute atomic E-state index is 0.110. The molecule has 2 aromatic carbocycles. The van der Waals surface area contributed by atoms with Crippen LogP contribution in [0.15, 0.2) is 79.1 Å². The van der Waals surface area contributed by atoms with Crippen molar-refractivity contribution in [2.45, 2.75) is 6.54 Å². The summed E-state index contributed by atoms with van der Waals surface area (Å²) in [5, 5.41) is 6.20. The van der Waals surface area contributed by atoms with Crippen LogP contribution in [-0.4, -0.2) is 10.9 Å². The molecule has 0 fully saturated rings. The smallest absolute Gasteiger partial charge is 0.255 e. The molecule has 0 saturated heterocycles. The normalized spacial score (nSPS) is 10.1. The fraction of sp³-hybridized carbons (Fsp3) is 0.0526. The number of carbonyl (C=O) groups is 1. The van der Waals surface area contributed by atoms with E-state index in [0.29, 0.717) is 12.1 Å². The van der Waals surface area contributed by atoms with Gasteiger partial charge in [0, 0.05) is 35.9 Å². The Morgan fingerprint density at radius 2 is 1.61 bits per heavy atom. The number of hydrogen-bond donors (Lipinski definition) is 2. The van der Waals surface area contributed by atoms with Crippen LogP contribution in [0.5, 0.6) is 0 Å². The van der Waals surface area contributed by atoms with Crippen molar-refractivity contribution in [1.29, 1.82) is 0 Å². The van der Waals surface area contributed by atoms with E-state index in [2.05, 4.69) is 15.6 Å². The molecular formula is C19H17N3O. The van der Waals surface area contributed by atoms with Crippen molar-refractivity contribution in [1.82, 2.24) is 4.98 Å². The van der Waals surface area contributed by atoms with Gasteiger partial charge in [-0.2, -0.15) is 0 Å². The first kappa shape index (κ1) is 14.8. The number of carbonyl (C=O) groups excluding carboxylic acids is 1. The van der Waals surface area contributed by atoms with Crippen LogP contribution >= 0.6 is 0 Å². The van der Waals surface area contributed by atoms with Gasteiger partial charge < -0.3 is 10.6 Å². The van der Waals surface area contributed by atoms with Gasteiger partial charge in [-0.3, -0.25) is 9.78 Å². The Labute approximate surface area is 135 Å². The van der Waals surface area contributed by atoms with Crippen LogP contribution in [0.25, 0.3) is 0 Å². The first-order valence-corrected chi connectivity index (χ1v) is 7.40. The predicted molar refractivity (Wildman–Crippen MR) is 92.4 cm³/mol. The van der Waals surface area contributed by atoms with Gasteiger partial charge in [0.25, 0.3) is 5.91 Å². The lowest BCUT2D eigenvalue weighted by Gasteiger charge is -2.08. The third-order valence-corrected chi connectivity index (χ3v) is 3.40. The molecule has 0 saturated carbocycles. The number of amides is 1. The Morgan fingerprint density at radius 3 is 2.30 bits per heavy atom. The summed E-state index contributed by atoms with van der Waals surface area (Å²) in [5.41, 5.74) is 3.53. The molecule has 1 aromatic heterocycles. The Hall–Kier alpha value is -3.14. The van der Waals surface area contributed by atoms with Gasteiger partial charge in [-0.05, 0) is 48.0 Å². The van der Waals surface area contributed by atoms with Crippen molar-refractivity contribution < 1.29 is 4.79 Å². The van der Waals surface area contributed by atoms with Crippen LogP contribution in [0.1, 0.15) is 15.9 Å². The molecule has 0 aliphatic rings. The summed E-state index contributed by atoms with van der Waals surface area (Å²) >= 11 is 0. The Kier molecular flexibility index (Phi) is 4.64. The van der Waals surface area contributed by atoms with Gasteiger partial charge in [-0.1, -0.05) is 24.3 Å². The number of benzene rings is 2. The lowest BCUT2D eigenvalue weighted by Crippen LogP contribution is -2.11. The van der Waals surface area contributed by atoms with Crippen molar-refractivity contribution in [2.75, 3.05) is 10.6 Å². The minimum Gasteiger partial charge on any atom is -0.381 e. The molecule has 3 rings (SSSR count). The first-order chi connectivity index (χ1) is 11.3. The van der Waals surface area contributed by atoms with Gasteiger partial charge in [-0.25, -0.2) is 0 Å². The molecule has 0 aliphatic heterocycles. The maximum atomic E-state index is 12.1. The van der Waals surface area contributed by atoms with Crippen LogP contribution < -0.4 is 10.6 Å². The second kappa shape index (κ2) is 7.22. The van der Waals surface area contributed by atoms with Crippen LogP contribution in [0.2, 0.25) is 0 Å². The topological polar surface area (TPSA) is 54.0 Å². The number of nitrogens with zero attached hydrogens (tertiary/aromatic N) is 1. The highest BCUT2D eigenvalue weighted by molar-refractivity contribution is 6.04. The van der Waals surface area contributed by atoms with Crippen molar-refractivity contribution in [3.63, 3.8) is 0 Å². The van der Waals surface area contributed by atoms with Crippen molar-refractivity contribution in [3.05, 3.63) is 90.3 Å². The highest BCUT2D eigenvalue weighted by Crippen LogP contribution is 2.15. The van der Waals surface area contributed by atoms with E-state index in [1.165, 1.54) is 0 Å². The van der Waals surface area contributed by atoms with Crippen molar-refractivity contribution in [2.24, 2.45) is 0 Å². The molecule has 0 radical (unpaired) electrons. The molecule has 1 heterocycles. The highest BCUT2D eigenvalue weighted by Gasteiger charge is 2.04. The SMILES string of the molecule is O=C(Nc1ccc(NCc2cccnc2)cc1)c1ccccc1. The Bertz CT molecular complexity index is 756. The Balaban J connectivity index is 1.58. The molecule has 0 spiro atoms. The van der Waals surface area contributed by atoms with Crippen LogP contribution in [0.4, 0.5) is 11.4 Å². The number of anilines is 2. The molecule has 0 atom stereocenters. The largest absolute Gasteiger partial charge is 0.381 e. The quantitative estimate of drug-likeness (QED) is 0.750.